The van der Waals surface area contributed by atoms with Crippen LogP contribution in [-0.2, 0) is 12.0 Å². The van der Waals surface area contributed by atoms with E-state index in [4.69, 9.17) is 11.6 Å². The van der Waals surface area contributed by atoms with Crippen LogP contribution in [0.1, 0.15) is 23.3 Å². The summed E-state index contributed by atoms with van der Waals surface area (Å²) in [5.74, 6) is 0.855. The lowest BCUT2D eigenvalue weighted by Crippen LogP contribution is -2.40. The lowest BCUT2D eigenvalue weighted by Gasteiger charge is -2.19. The molecule has 3 rings (SSSR count). The summed E-state index contributed by atoms with van der Waals surface area (Å²) < 4.78 is 0. The van der Waals surface area contributed by atoms with Crippen LogP contribution in [0.3, 0.4) is 0 Å². The van der Waals surface area contributed by atoms with E-state index in [1.54, 1.807) is 11.3 Å². The summed E-state index contributed by atoms with van der Waals surface area (Å²) in [7, 11) is 1.81. The Hall–Kier alpha value is -0.790. The minimum absolute atomic E-state index is 0. The summed E-state index contributed by atoms with van der Waals surface area (Å²) in [5.41, 5.74) is 1.60. The normalized spacial score (nSPS) is 15.7. The molecular formula is C17H21ClIN3S. The van der Waals surface area contributed by atoms with Crippen molar-refractivity contribution in [3.8, 4) is 0 Å². The number of rotatable bonds is 5. The number of thiophene rings is 1. The number of nitrogens with one attached hydrogen (secondary N) is 2. The zero-order valence-corrected chi connectivity index (χ0v) is 16.9. The van der Waals surface area contributed by atoms with Crippen molar-refractivity contribution in [3.05, 3.63) is 57.2 Å². The van der Waals surface area contributed by atoms with E-state index in [9.17, 15) is 0 Å². The van der Waals surface area contributed by atoms with Gasteiger partial charge in [0.25, 0.3) is 0 Å². The van der Waals surface area contributed by atoms with Gasteiger partial charge in [-0.05, 0) is 42.0 Å². The van der Waals surface area contributed by atoms with E-state index in [-0.39, 0.29) is 29.4 Å². The number of nitrogens with zero attached hydrogens (tertiary/aromatic N) is 1. The average Bonchev–Trinajstić information content (AvgIpc) is 3.14. The maximum Gasteiger partial charge on any atom is 0.191 e. The third-order valence-electron chi connectivity index (χ3n) is 4.14. The molecule has 0 bridgehead atoms. The standard InChI is InChI=1S/C17H20ClN3S.HI/c1-19-16(20-11-15-3-2-10-22-15)21-12-17(8-9-17)13-4-6-14(18)7-5-13;/h2-7,10H,8-9,11-12H2,1H3,(H2,19,20,21);1H. The first kappa shape index (κ1) is 18.5. The monoisotopic (exact) mass is 461 g/mol. The summed E-state index contributed by atoms with van der Waals surface area (Å²) in [5, 5.41) is 9.70. The van der Waals surface area contributed by atoms with Crippen LogP contribution in [0.5, 0.6) is 0 Å². The fraction of sp³-hybridized carbons (Fsp3) is 0.353. The van der Waals surface area contributed by atoms with Gasteiger partial charge in [0, 0.05) is 28.9 Å². The molecule has 0 unspecified atom stereocenters. The summed E-state index contributed by atoms with van der Waals surface area (Å²) in [6.07, 6.45) is 2.42. The van der Waals surface area contributed by atoms with Crippen molar-refractivity contribution in [1.29, 1.82) is 0 Å². The highest BCUT2D eigenvalue weighted by Crippen LogP contribution is 2.47. The van der Waals surface area contributed by atoms with Crippen molar-refractivity contribution in [2.75, 3.05) is 13.6 Å². The molecule has 0 spiro atoms. The minimum atomic E-state index is 0. The predicted molar refractivity (Wildman–Crippen MR) is 110 cm³/mol. The molecule has 1 saturated carbocycles. The van der Waals surface area contributed by atoms with Gasteiger partial charge in [-0.15, -0.1) is 35.3 Å². The predicted octanol–water partition coefficient (Wildman–Crippen LogP) is 4.42. The summed E-state index contributed by atoms with van der Waals surface area (Å²) in [6, 6.07) is 12.4. The molecule has 0 amide bonds. The topological polar surface area (TPSA) is 36.4 Å². The smallest absolute Gasteiger partial charge is 0.191 e. The van der Waals surface area contributed by atoms with Gasteiger partial charge in [0.2, 0.25) is 0 Å². The van der Waals surface area contributed by atoms with Crippen LogP contribution in [-0.4, -0.2) is 19.6 Å². The van der Waals surface area contributed by atoms with Crippen LogP contribution >= 0.6 is 46.9 Å². The second-order valence-electron chi connectivity index (χ2n) is 5.65. The minimum Gasteiger partial charge on any atom is -0.356 e. The lowest BCUT2D eigenvalue weighted by atomic mass is 9.96. The highest BCUT2D eigenvalue weighted by Gasteiger charge is 2.44. The second kappa shape index (κ2) is 8.35. The summed E-state index contributed by atoms with van der Waals surface area (Å²) >= 11 is 7.73. The van der Waals surface area contributed by atoms with Gasteiger partial charge in [-0.1, -0.05) is 29.8 Å². The van der Waals surface area contributed by atoms with Crippen LogP contribution < -0.4 is 10.6 Å². The van der Waals surface area contributed by atoms with E-state index < -0.39 is 0 Å². The Balaban J connectivity index is 0.00000192. The van der Waals surface area contributed by atoms with Crippen LogP contribution in [0.15, 0.2) is 46.8 Å². The van der Waals surface area contributed by atoms with E-state index in [1.807, 2.05) is 19.2 Å². The number of aliphatic imine (C=N–C) groups is 1. The van der Waals surface area contributed by atoms with Gasteiger partial charge in [-0.25, -0.2) is 0 Å². The van der Waals surface area contributed by atoms with E-state index in [2.05, 4.69) is 45.3 Å². The van der Waals surface area contributed by atoms with Crippen molar-refractivity contribution in [2.45, 2.75) is 24.8 Å². The number of guanidine groups is 1. The number of halogens is 2. The molecule has 1 aromatic heterocycles. The molecule has 6 heteroatoms. The Kier molecular flexibility index (Phi) is 6.73. The number of hydrogen-bond acceptors (Lipinski definition) is 2. The highest BCUT2D eigenvalue weighted by atomic mass is 127. The fourth-order valence-corrected chi connectivity index (χ4v) is 3.35. The molecule has 2 aromatic rings. The first-order chi connectivity index (χ1) is 10.7. The van der Waals surface area contributed by atoms with Crippen LogP contribution in [0.2, 0.25) is 5.02 Å². The van der Waals surface area contributed by atoms with Crippen LogP contribution in [0.25, 0.3) is 0 Å². The van der Waals surface area contributed by atoms with Crippen molar-refractivity contribution in [3.63, 3.8) is 0 Å². The Morgan fingerprint density at radius 1 is 1.22 bits per heavy atom. The first-order valence-electron chi connectivity index (χ1n) is 7.45. The molecule has 0 radical (unpaired) electrons. The van der Waals surface area contributed by atoms with E-state index in [0.29, 0.717) is 0 Å². The van der Waals surface area contributed by atoms with Crippen LogP contribution in [0.4, 0.5) is 0 Å². The molecule has 1 aliphatic carbocycles. The number of benzene rings is 1. The molecule has 124 valence electrons. The van der Waals surface area contributed by atoms with Gasteiger partial charge in [0.15, 0.2) is 5.96 Å². The Labute approximate surface area is 163 Å². The molecule has 0 atom stereocenters. The SMILES string of the molecule is CN=C(NCc1cccs1)NCC1(c2ccc(Cl)cc2)CC1.I. The second-order valence-corrected chi connectivity index (χ2v) is 7.11. The maximum absolute atomic E-state index is 5.98. The van der Waals surface area contributed by atoms with Gasteiger partial charge in [0.05, 0.1) is 6.54 Å². The molecule has 0 saturated heterocycles. The molecule has 0 aliphatic heterocycles. The van der Waals surface area contributed by atoms with Gasteiger partial charge < -0.3 is 10.6 Å². The largest absolute Gasteiger partial charge is 0.356 e. The molecule has 1 heterocycles. The van der Waals surface area contributed by atoms with Crippen molar-refractivity contribution in [1.82, 2.24) is 10.6 Å². The third-order valence-corrected chi connectivity index (χ3v) is 5.27. The maximum atomic E-state index is 5.98. The first-order valence-corrected chi connectivity index (χ1v) is 8.71. The van der Waals surface area contributed by atoms with Crippen molar-refractivity contribution in [2.24, 2.45) is 4.99 Å². The summed E-state index contributed by atoms with van der Waals surface area (Å²) in [4.78, 5) is 5.61. The third kappa shape index (κ3) is 4.84. The fourth-order valence-electron chi connectivity index (χ4n) is 2.58. The van der Waals surface area contributed by atoms with Crippen molar-refractivity contribution >= 4 is 52.9 Å². The van der Waals surface area contributed by atoms with Gasteiger partial charge in [-0.2, -0.15) is 0 Å². The van der Waals surface area contributed by atoms with E-state index in [0.717, 1.165) is 24.1 Å². The number of hydrogen-bond donors (Lipinski definition) is 2. The molecular weight excluding hydrogens is 441 g/mol. The Morgan fingerprint density at radius 2 is 1.96 bits per heavy atom. The molecule has 23 heavy (non-hydrogen) atoms. The van der Waals surface area contributed by atoms with E-state index >= 15 is 0 Å². The average molecular weight is 462 g/mol. The zero-order chi connectivity index (χ0) is 15.4. The molecule has 1 aromatic carbocycles. The van der Waals surface area contributed by atoms with Gasteiger partial charge in [0.1, 0.15) is 0 Å². The van der Waals surface area contributed by atoms with E-state index in [1.165, 1.54) is 23.3 Å². The Morgan fingerprint density at radius 3 is 2.52 bits per heavy atom. The highest BCUT2D eigenvalue weighted by molar-refractivity contribution is 14.0. The molecule has 1 fully saturated rings. The quantitative estimate of drug-likeness (QED) is 0.393. The molecule has 3 nitrogen and oxygen atoms in total. The van der Waals surface area contributed by atoms with Gasteiger partial charge >= 0.3 is 0 Å². The summed E-state index contributed by atoms with van der Waals surface area (Å²) in [6.45, 7) is 1.71. The van der Waals surface area contributed by atoms with Gasteiger partial charge in [-0.3, -0.25) is 4.99 Å². The van der Waals surface area contributed by atoms with Crippen molar-refractivity contribution < 1.29 is 0 Å². The Bertz CT molecular complexity index is 636. The lowest BCUT2D eigenvalue weighted by molar-refractivity contribution is 0.646. The molecule has 1 aliphatic rings. The van der Waals surface area contributed by atoms with Crippen LogP contribution in [0, 0.1) is 0 Å². The molecule has 2 N–H and O–H groups in total. The zero-order valence-electron chi connectivity index (χ0n) is 13.0.